The average molecular weight is 482 g/mol. The summed E-state index contributed by atoms with van der Waals surface area (Å²) in [6.07, 6.45) is 2.09. The molecule has 8 heteroatoms. The van der Waals surface area contributed by atoms with Crippen molar-refractivity contribution in [1.82, 2.24) is 4.98 Å². The monoisotopic (exact) mass is 482 g/mol. The molecule has 0 saturated heterocycles. The highest BCUT2D eigenvalue weighted by Crippen LogP contribution is 2.40. The van der Waals surface area contributed by atoms with E-state index in [1.807, 2.05) is 24.3 Å². The smallest absolute Gasteiger partial charge is 0.339 e. The number of carbonyl (C=O) groups excluding carboxylic acids is 1. The van der Waals surface area contributed by atoms with E-state index in [-0.39, 0.29) is 35.9 Å². The van der Waals surface area contributed by atoms with Gasteiger partial charge >= 0.3 is 5.97 Å². The van der Waals surface area contributed by atoms with Crippen molar-refractivity contribution < 1.29 is 14.3 Å². The standard InChI is InChI=1S/C19H22N4O3.HI/c1-25-15-5-3-4-13(10-15)23-19(20)21-11-14-8-9-16(18(24)26-2)17(22-14)12-6-7-12;/h3-5,8-10,12H,6-7,11H2,1-2H3,(H3,20,21,23);1H. The SMILES string of the molecule is COC(=O)c1ccc(CN=C(N)Nc2cccc(OC)c2)nc1C1CC1.I. The van der Waals surface area contributed by atoms with Gasteiger partial charge in [0.15, 0.2) is 5.96 Å². The number of ether oxygens (including phenoxy) is 2. The van der Waals surface area contributed by atoms with Crippen LogP contribution in [0.2, 0.25) is 0 Å². The molecule has 0 unspecified atom stereocenters. The third-order valence-corrected chi connectivity index (χ3v) is 4.11. The molecule has 2 aromatic rings. The van der Waals surface area contributed by atoms with Crippen LogP contribution < -0.4 is 15.8 Å². The van der Waals surface area contributed by atoms with Crippen LogP contribution in [0.4, 0.5) is 5.69 Å². The third-order valence-electron chi connectivity index (χ3n) is 4.11. The molecule has 3 rings (SSSR count). The Kier molecular flexibility index (Phi) is 7.40. The Morgan fingerprint density at radius 2 is 2.07 bits per heavy atom. The van der Waals surface area contributed by atoms with Gasteiger partial charge in [-0.25, -0.2) is 9.79 Å². The zero-order valence-electron chi connectivity index (χ0n) is 15.3. The number of nitrogens with one attached hydrogen (secondary N) is 1. The van der Waals surface area contributed by atoms with Crippen molar-refractivity contribution in [2.45, 2.75) is 25.3 Å². The van der Waals surface area contributed by atoms with Gasteiger partial charge in [0.05, 0.1) is 37.7 Å². The van der Waals surface area contributed by atoms with Gasteiger partial charge in [-0.15, -0.1) is 24.0 Å². The van der Waals surface area contributed by atoms with Gasteiger partial charge in [-0.2, -0.15) is 0 Å². The van der Waals surface area contributed by atoms with Gasteiger partial charge < -0.3 is 20.5 Å². The summed E-state index contributed by atoms with van der Waals surface area (Å²) in [5.41, 5.74) is 8.83. The molecule has 27 heavy (non-hydrogen) atoms. The van der Waals surface area contributed by atoms with E-state index >= 15 is 0 Å². The summed E-state index contributed by atoms with van der Waals surface area (Å²) in [5, 5.41) is 3.02. The van der Waals surface area contributed by atoms with Crippen molar-refractivity contribution >= 4 is 41.6 Å². The van der Waals surface area contributed by atoms with E-state index in [0.717, 1.165) is 35.7 Å². The van der Waals surface area contributed by atoms with Crippen molar-refractivity contribution in [3.05, 3.63) is 53.3 Å². The second-order valence-corrected chi connectivity index (χ2v) is 6.06. The second kappa shape index (κ2) is 9.54. The lowest BCUT2D eigenvalue weighted by Gasteiger charge is -2.09. The predicted molar refractivity (Wildman–Crippen MR) is 115 cm³/mol. The Bertz CT molecular complexity index is 837. The highest BCUT2D eigenvalue weighted by atomic mass is 127. The summed E-state index contributed by atoms with van der Waals surface area (Å²) < 4.78 is 10.0. The van der Waals surface area contributed by atoms with Crippen LogP contribution >= 0.6 is 24.0 Å². The number of carbonyl (C=O) groups is 1. The molecule has 1 aromatic heterocycles. The van der Waals surface area contributed by atoms with Crippen molar-refractivity contribution in [2.24, 2.45) is 10.7 Å². The van der Waals surface area contributed by atoms with E-state index < -0.39 is 0 Å². The predicted octanol–water partition coefficient (Wildman–Crippen LogP) is 3.30. The minimum atomic E-state index is -0.353. The fourth-order valence-corrected chi connectivity index (χ4v) is 2.61. The first-order valence-corrected chi connectivity index (χ1v) is 8.40. The first kappa shape index (κ1) is 20.9. The number of methoxy groups -OCH3 is 2. The zero-order chi connectivity index (χ0) is 18.5. The summed E-state index contributed by atoms with van der Waals surface area (Å²) in [5.74, 6) is 0.996. The second-order valence-electron chi connectivity index (χ2n) is 6.06. The number of nitrogens with zero attached hydrogens (tertiary/aromatic N) is 2. The minimum Gasteiger partial charge on any atom is -0.497 e. The van der Waals surface area contributed by atoms with Gasteiger partial charge in [-0.05, 0) is 37.1 Å². The molecule has 0 amide bonds. The molecule has 1 saturated carbocycles. The van der Waals surface area contributed by atoms with E-state index in [0.29, 0.717) is 18.0 Å². The molecule has 0 spiro atoms. The Morgan fingerprint density at radius 1 is 1.30 bits per heavy atom. The van der Waals surface area contributed by atoms with E-state index in [9.17, 15) is 4.79 Å². The number of guanidine groups is 1. The highest BCUT2D eigenvalue weighted by molar-refractivity contribution is 14.0. The van der Waals surface area contributed by atoms with Crippen molar-refractivity contribution in [3.8, 4) is 5.75 Å². The molecule has 144 valence electrons. The molecule has 0 atom stereocenters. The van der Waals surface area contributed by atoms with Crippen LogP contribution in [-0.2, 0) is 11.3 Å². The van der Waals surface area contributed by atoms with E-state index in [4.69, 9.17) is 15.2 Å². The Hall–Kier alpha value is -2.36. The van der Waals surface area contributed by atoms with Gasteiger partial charge in [0.25, 0.3) is 0 Å². The molecule has 1 heterocycles. The number of hydrogen-bond acceptors (Lipinski definition) is 5. The first-order valence-electron chi connectivity index (χ1n) is 8.40. The van der Waals surface area contributed by atoms with Gasteiger partial charge in [0.1, 0.15) is 5.75 Å². The first-order chi connectivity index (χ1) is 12.6. The zero-order valence-corrected chi connectivity index (χ0v) is 17.6. The van der Waals surface area contributed by atoms with Crippen LogP contribution in [0.5, 0.6) is 5.75 Å². The van der Waals surface area contributed by atoms with Crippen molar-refractivity contribution in [3.63, 3.8) is 0 Å². The lowest BCUT2D eigenvalue weighted by molar-refractivity contribution is 0.0598. The molecule has 3 N–H and O–H groups in total. The van der Waals surface area contributed by atoms with Crippen LogP contribution in [0.3, 0.4) is 0 Å². The minimum absolute atomic E-state index is 0. The molecular weight excluding hydrogens is 459 g/mol. The molecule has 1 aromatic carbocycles. The third kappa shape index (κ3) is 5.56. The fourth-order valence-electron chi connectivity index (χ4n) is 2.61. The molecule has 0 radical (unpaired) electrons. The van der Waals surface area contributed by atoms with Crippen molar-refractivity contribution in [1.29, 1.82) is 0 Å². The maximum atomic E-state index is 11.9. The lowest BCUT2D eigenvalue weighted by Crippen LogP contribution is -2.22. The fraction of sp³-hybridized carbons (Fsp3) is 0.316. The van der Waals surface area contributed by atoms with Gasteiger partial charge in [0, 0.05) is 17.7 Å². The van der Waals surface area contributed by atoms with Crippen LogP contribution in [-0.4, -0.2) is 31.1 Å². The Morgan fingerprint density at radius 3 is 2.74 bits per heavy atom. The normalized spacial score (nSPS) is 13.5. The number of halogens is 1. The number of nitrogens with two attached hydrogens (primary N) is 1. The Labute approximate surface area is 175 Å². The number of aromatic nitrogens is 1. The lowest BCUT2D eigenvalue weighted by atomic mass is 10.1. The summed E-state index contributed by atoms with van der Waals surface area (Å²) >= 11 is 0. The highest BCUT2D eigenvalue weighted by Gasteiger charge is 2.30. The molecule has 1 aliphatic carbocycles. The average Bonchev–Trinajstić information content (AvgIpc) is 3.51. The molecule has 1 aliphatic rings. The van der Waals surface area contributed by atoms with Gasteiger partial charge in [0.2, 0.25) is 0 Å². The quantitative estimate of drug-likeness (QED) is 0.284. The number of benzene rings is 1. The van der Waals surface area contributed by atoms with Crippen LogP contribution in [0.15, 0.2) is 41.4 Å². The number of esters is 1. The topological polar surface area (TPSA) is 98.8 Å². The summed E-state index contributed by atoms with van der Waals surface area (Å²) in [7, 11) is 2.99. The molecule has 1 fully saturated rings. The summed E-state index contributed by atoms with van der Waals surface area (Å²) in [6.45, 7) is 0.323. The summed E-state index contributed by atoms with van der Waals surface area (Å²) in [4.78, 5) is 20.8. The number of pyridine rings is 1. The largest absolute Gasteiger partial charge is 0.497 e. The maximum Gasteiger partial charge on any atom is 0.339 e. The number of aliphatic imine (C=N–C) groups is 1. The molecule has 7 nitrogen and oxygen atoms in total. The Balaban J connectivity index is 0.00000261. The van der Waals surface area contributed by atoms with E-state index in [1.54, 1.807) is 19.2 Å². The number of hydrogen-bond donors (Lipinski definition) is 2. The molecule has 0 bridgehead atoms. The number of anilines is 1. The van der Waals surface area contributed by atoms with Gasteiger partial charge in [-0.1, -0.05) is 6.07 Å². The van der Waals surface area contributed by atoms with Gasteiger partial charge in [-0.3, -0.25) is 4.98 Å². The van der Waals surface area contributed by atoms with Crippen LogP contribution in [0.25, 0.3) is 0 Å². The molecular formula is C19H23IN4O3. The van der Waals surface area contributed by atoms with E-state index in [1.165, 1.54) is 7.11 Å². The van der Waals surface area contributed by atoms with Crippen LogP contribution in [0, 0.1) is 0 Å². The maximum absolute atomic E-state index is 11.9. The van der Waals surface area contributed by atoms with E-state index in [2.05, 4.69) is 15.3 Å². The number of rotatable bonds is 6. The molecule has 0 aliphatic heterocycles. The van der Waals surface area contributed by atoms with Crippen LogP contribution in [0.1, 0.15) is 40.5 Å². The summed E-state index contributed by atoms with van der Waals surface area (Å²) in [6, 6.07) is 11.0. The van der Waals surface area contributed by atoms with Crippen molar-refractivity contribution in [2.75, 3.05) is 19.5 Å².